The van der Waals surface area contributed by atoms with E-state index in [1.165, 1.54) is 12.1 Å². The van der Waals surface area contributed by atoms with Gasteiger partial charge in [0.05, 0.1) is 0 Å². The Morgan fingerprint density at radius 3 is 2.06 bits per heavy atom. The lowest BCUT2D eigenvalue weighted by Gasteiger charge is -2.10. The summed E-state index contributed by atoms with van der Waals surface area (Å²) in [5.74, 6) is -1.02. The minimum absolute atomic E-state index is 0.0591. The molecule has 2 rings (SSSR count). The minimum atomic E-state index is -1.31. The molecule has 92 valence electrons. The maximum atomic E-state index is 12.0. The maximum absolute atomic E-state index is 12.0. The molecule has 0 aliphatic rings. The van der Waals surface area contributed by atoms with Gasteiger partial charge in [-0.2, -0.15) is 0 Å². The molecule has 0 fully saturated rings. The predicted octanol–water partition coefficient (Wildman–Crippen LogP) is 2.01. The van der Waals surface area contributed by atoms with E-state index in [1.54, 1.807) is 30.3 Å². The number of hydrogen-bond acceptors (Lipinski definition) is 4. The number of aliphatic hydroxyl groups excluding tert-OH is 1. The van der Waals surface area contributed by atoms with Crippen molar-refractivity contribution < 1.29 is 20.1 Å². The Hall–Kier alpha value is -2.33. The standard InChI is InChI=1S/C14H12O4/c15-11-6-10(7-12(16)8-11)14(18)13(17)9-4-2-1-3-5-9/h1-8,13,15-17H. The summed E-state index contributed by atoms with van der Waals surface area (Å²) in [4.78, 5) is 12.0. The Kier molecular flexibility index (Phi) is 3.30. The topological polar surface area (TPSA) is 77.8 Å². The van der Waals surface area contributed by atoms with Gasteiger partial charge in [-0.25, -0.2) is 0 Å². The normalized spacial score (nSPS) is 12.1. The van der Waals surface area contributed by atoms with Gasteiger partial charge in [0.1, 0.15) is 17.6 Å². The number of phenolic OH excluding ortho intramolecular Hbond substituents is 2. The van der Waals surface area contributed by atoms with Crippen LogP contribution >= 0.6 is 0 Å². The van der Waals surface area contributed by atoms with Gasteiger partial charge in [-0.3, -0.25) is 4.79 Å². The van der Waals surface area contributed by atoms with Crippen molar-refractivity contribution >= 4 is 5.78 Å². The number of phenols is 2. The summed E-state index contributed by atoms with van der Waals surface area (Å²) in [6.07, 6.45) is -1.31. The summed E-state index contributed by atoms with van der Waals surface area (Å²) in [6.45, 7) is 0. The predicted molar refractivity (Wildman–Crippen MR) is 65.5 cm³/mol. The van der Waals surface area contributed by atoms with Crippen LogP contribution in [-0.2, 0) is 0 Å². The summed E-state index contributed by atoms with van der Waals surface area (Å²) in [7, 11) is 0. The van der Waals surface area contributed by atoms with Crippen molar-refractivity contribution in [1.82, 2.24) is 0 Å². The van der Waals surface area contributed by atoms with Gasteiger partial charge in [0.2, 0.25) is 0 Å². The molecule has 0 saturated carbocycles. The summed E-state index contributed by atoms with van der Waals surface area (Å²) in [5.41, 5.74) is 0.522. The first-order chi connectivity index (χ1) is 8.58. The number of hydrogen-bond donors (Lipinski definition) is 3. The molecule has 0 spiro atoms. The van der Waals surface area contributed by atoms with Crippen LogP contribution < -0.4 is 0 Å². The zero-order valence-electron chi connectivity index (χ0n) is 9.45. The number of carbonyl (C=O) groups excluding carboxylic acids is 1. The second kappa shape index (κ2) is 4.89. The first kappa shape index (κ1) is 12.1. The van der Waals surface area contributed by atoms with E-state index in [9.17, 15) is 20.1 Å². The Morgan fingerprint density at radius 1 is 0.944 bits per heavy atom. The second-order valence-corrected chi connectivity index (χ2v) is 3.92. The van der Waals surface area contributed by atoms with Crippen LogP contribution in [0.3, 0.4) is 0 Å². The van der Waals surface area contributed by atoms with Crippen molar-refractivity contribution in [3.63, 3.8) is 0 Å². The zero-order chi connectivity index (χ0) is 13.1. The van der Waals surface area contributed by atoms with Gasteiger partial charge >= 0.3 is 0 Å². The largest absolute Gasteiger partial charge is 0.508 e. The van der Waals surface area contributed by atoms with Crippen LogP contribution in [0.15, 0.2) is 48.5 Å². The van der Waals surface area contributed by atoms with Crippen molar-refractivity contribution in [3.8, 4) is 11.5 Å². The summed E-state index contributed by atoms with van der Waals surface area (Å²) in [5, 5.41) is 28.5. The fourth-order valence-corrected chi connectivity index (χ4v) is 1.68. The Labute approximate surface area is 104 Å². The van der Waals surface area contributed by atoms with Gasteiger partial charge < -0.3 is 15.3 Å². The first-order valence-electron chi connectivity index (χ1n) is 5.38. The molecule has 0 aliphatic carbocycles. The number of benzene rings is 2. The molecule has 2 aromatic carbocycles. The molecule has 4 nitrogen and oxygen atoms in total. The average Bonchev–Trinajstić information content (AvgIpc) is 2.37. The summed E-state index contributed by atoms with van der Waals surface area (Å²) in [6, 6.07) is 12.0. The van der Waals surface area contributed by atoms with Crippen LogP contribution in [0, 0.1) is 0 Å². The highest BCUT2D eigenvalue weighted by Gasteiger charge is 2.19. The first-order valence-corrected chi connectivity index (χ1v) is 5.38. The fourth-order valence-electron chi connectivity index (χ4n) is 1.68. The molecule has 2 aromatic rings. The van der Waals surface area contributed by atoms with Crippen LogP contribution in [0.25, 0.3) is 0 Å². The van der Waals surface area contributed by atoms with E-state index in [0.29, 0.717) is 5.56 Å². The maximum Gasteiger partial charge on any atom is 0.196 e. The third kappa shape index (κ3) is 2.49. The van der Waals surface area contributed by atoms with E-state index < -0.39 is 11.9 Å². The molecule has 0 amide bonds. The molecule has 0 aliphatic heterocycles. The van der Waals surface area contributed by atoms with Gasteiger partial charge in [-0.05, 0) is 17.7 Å². The zero-order valence-corrected chi connectivity index (χ0v) is 9.45. The van der Waals surface area contributed by atoms with Crippen LogP contribution in [0.5, 0.6) is 11.5 Å². The van der Waals surface area contributed by atoms with Gasteiger partial charge in [0.25, 0.3) is 0 Å². The monoisotopic (exact) mass is 244 g/mol. The molecular weight excluding hydrogens is 232 g/mol. The molecule has 0 heterocycles. The molecule has 1 unspecified atom stereocenters. The quantitative estimate of drug-likeness (QED) is 0.722. The molecule has 0 bridgehead atoms. The highest BCUT2D eigenvalue weighted by Crippen LogP contribution is 2.25. The lowest BCUT2D eigenvalue weighted by Crippen LogP contribution is -2.12. The van der Waals surface area contributed by atoms with Crippen LogP contribution in [0.2, 0.25) is 0 Å². The lowest BCUT2D eigenvalue weighted by atomic mass is 10.00. The SMILES string of the molecule is O=C(c1cc(O)cc(O)c1)C(O)c1ccccc1. The molecule has 0 aromatic heterocycles. The van der Waals surface area contributed by atoms with E-state index in [0.717, 1.165) is 6.07 Å². The number of ketones is 1. The van der Waals surface area contributed by atoms with Crippen molar-refractivity contribution in [1.29, 1.82) is 0 Å². The number of Topliss-reactive ketones (excluding diaryl/α,β-unsaturated/α-hetero) is 1. The van der Waals surface area contributed by atoms with Gasteiger partial charge in [-0.15, -0.1) is 0 Å². The number of carbonyl (C=O) groups is 1. The molecular formula is C14H12O4. The van der Waals surface area contributed by atoms with E-state index in [-0.39, 0.29) is 17.1 Å². The van der Waals surface area contributed by atoms with Crippen LogP contribution in [-0.4, -0.2) is 21.1 Å². The highest BCUT2D eigenvalue weighted by molar-refractivity contribution is 6.00. The third-order valence-corrected chi connectivity index (χ3v) is 2.55. The fraction of sp³-hybridized carbons (Fsp3) is 0.0714. The van der Waals surface area contributed by atoms with Gasteiger partial charge in [0.15, 0.2) is 5.78 Å². The lowest BCUT2D eigenvalue weighted by molar-refractivity contribution is 0.0746. The summed E-state index contributed by atoms with van der Waals surface area (Å²) < 4.78 is 0. The van der Waals surface area contributed by atoms with E-state index in [1.807, 2.05) is 0 Å². The van der Waals surface area contributed by atoms with Gasteiger partial charge in [0, 0.05) is 11.6 Å². The molecule has 3 N–H and O–H groups in total. The van der Waals surface area contributed by atoms with Crippen LogP contribution in [0.1, 0.15) is 22.0 Å². The number of aromatic hydroxyl groups is 2. The second-order valence-electron chi connectivity index (χ2n) is 3.92. The molecule has 0 radical (unpaired) electrons. The molecule has 0 saturated heterocycles. The number of rotatable bonds is 3. The van der Waals surface area contributed by atoms with Crippen molar-refractivity contribution in [2.24, 2.45) is 0 Å². The Balaban J connectivity index is 2.31. The van der Waals surface area contributed by atoms with Gasteiger partial charge in [-0.1, -0.05) is 30.3 Å². The van der Waals surface area contributed by atoms with Crippen LogP contribution in [0.4, 0.5) is 0 Å². The third-order valence-electron chi connectivity index (χ3n) is 2.55. The highest BCUT2D eigenvalue weighted by atomic mass is 16.3. The number of aliphatic hydroxyl groups is 1. The smallest absolute Gasteiger partial charge is 0.196 e. The Bertz CT molecular complexity index is 543. The van der Waals surface area contributed by atoms with Crippen molar-refractivity contribution in [2.45, 2.75) is 6.10 Å². The molecule has 18 heavy (non-hydrogen) atoms. The summed E-state index contributed by atoms with van der Waals surface area (Å²) >= 11 is 0. The van der Waals surface area contributed by atoms with Crippen molar-refractivity contribution in [2.75, 3.05) is 0 Å². The minimum Gasteiger partial charge on any atom is -0.508 e. The average molecular weight is 244 g/mol. The molecule has 4 heteroatoms. The van der Waals surface area contributed by atoms with Crippen molar-refractivity contribution in [3.05, 3.63) is 59.7 Å². The molecule has 1 atom stereocenters. The van der Waals surface area contributed by atoms with E-state index >= 15 is 0 Å². The van der Waals surface area contributed by atoms with E-state index in [4.69, 9.17) is 0 Å². The van der Waals surface area contributed by atoms with E-state index in [2.05, 4.69) is 0 Å². The Morgan fingerprint density at radius 2 is 1.50 bits per heavy atom.